The van der Waals surface area contributed by atoms with E-state index in [2.05, 4.69) is 5.32 Å². The molecule has 1 aromatic rings. The van der Waals surface area contributed by atoms with E-state index in [0.29, 0.717) is 12.1 Å². The zero-order valence-corrected chi connectivity index (χ0v) is 9.88. The zero-order valence-electron chi connectivity index (χ0n) is 9.88. The summed E-state index contributed by atoms with van der Waals surface area (Å²) in [4.78, 5) is 0. The standard InChI is InChI=1S/C12H18FNO2/c1-4-8-5-9(11(15)7-14-2)12(16-3)10(13)6-8/h5-6,11,14-15H,4,7H2,1-3H3. The largest absolute Gasteiger partial charge is 0.493 e. The molecule has 1 aromatic carbocycles. The van der Waals surface area contributed by atoms with Gasteiger partial charge in [0.25, 0.3) is 0 Å². The van der Waals surface area contributed by atoms with Crippen molar-refractivity contribution in [1.82, 2.24) is 5.32 Å². The lowest BCUT2D eigenvalue weighted by molar-refractivity contribution is 0.172. The van der Waals surface area contributed by atoms with Gasteiger partial charge in [-0.15, -0.1) is 0 Å². The van der Waals surface area contributed by atoms with Crippen LogP contribution in [0.15, 0.2) is 12.1 Å². The van der Waals surface area contributed by atoms with Crippen LogP contribution in [0.3, 0.4) is 0 Å². The van der Waals surface area contributed by atoms with Gasteiger partial charge < -0.3 is 15.2 Å². The maximum Gasteiger partial charge on any atom is 0.165 e. The topological polar surface area (TPSA) is 41.5 Å². The summed E-state index contributed by atoms with van der Waals surface area (Å²) in [6.45, 7) is 2.30. The van der Waals surface area contributed by atoms with E-state index in [1.165, 1.54) is 13.2 Å². The second-order valence-corrected chi connectivity index (χ2v) is 3.63. The van der Waals surface area contributed by atoms with Crippen molar-refractivity contribution in [2.24, 2.45) is 0 Å². The van der Waals surface area contributed by atoms with E-state index < -0.39 is 11.9 Å². The third kappa shape index (κ3) is 2.71. The number of ether oxygens (including phenoxy) is 1. The molecule has 0 aliphatic carbocycles. The number of nitrogens with one attached hydrogen (secondary N) is 1. The predicted molar refractivity (Wildman–Crippen MR) is 61.2 cm³/mol. The molecule has 4 heteroatoms. The number of hydrogen-bond acceptors (Lipinski definition) is 3. The van der Waals surface area contributed by atoms with Crippen LogP contribution >= 0.6 is 0 Å². The first-order valence-corrected chi connectivity index (χ1v) is 5.33. The van der Waals surface area contributed by atoms with Crippen molar-refractivity contribution in [1.29, 1.82) is 0 Å². The number of likely N-dealkylation sites (N-methyl/N-ethyl adjacent to an activating group) is 1. The molecule has 0 fully saturated rings. The summed E-state index contributed by atoms with van der Waals surface area (Å²) < 4.78 is 18.6. The van der Waals surface area contributed by atoms with Gasteiger partial charge in [-0.2, -0.15) is 0 Å². The Bertz CT molecular complexity index is 355. The maximum atomic E-state index is 13.6. The summed E-state index contributed by atoms with van der Waals surface area (Å²) in [5, 5.41) is 12.7. The number of halogens is 1. The molecule has 0 saturated carbocycles. The molecule has 0 amide bonds. The van der Waals surface area contributed by atoms with Gasteiger partial charge in [-0.25, -0.2) is 4.39 Å². The highest BCUT2D eigenvalue weighted by molar-refractivity contribution is 5.40. The van der Waals surface area contributed by atoms with Crippen molar-refractivity contribution in [2.75, 3.05) is 20.7 Å². The molecule has 0 aliphatic rings. The Morgan fingerprint density at radius 2 is 2.19 bits per heavy atom. The highest BCUT2D eigenvalue weighted by Gasteiger charge is 2.17. The minimum absolute atomic E-state index is 0.125. The molecular formula is C12H18FNO2. The summed E-state index contributed by atoms with van der Waals surface area (Å²) in [6.07, 6.45) is -0.0406. The Hall–Kier alpha value is -1.13. The molecule has 3 nitrogen and oxygen atoms in total. The number of benzene rings is 1. The van der Waals surface area contributed by atoms with Crippen LogP contribution in [0.4, 0.5) is 4.39 Å². The van der Waals surface area contributed by atoms with Crippen LogP contribution in [0.1, 0.15) is 24.2 Å². The van der Waals surface area contributed by atoms with Gasteiger partial charge in [0, 0.05) is 12.1 Å². The average molecular weight is 227 g/mol. The molecular weight excluding hydrogens is 209 g/mol. The van der Waals surface area contributed by atoms with Crippen LogP contribution in [0.25, 0.3) is 0 Å². The van der Waals surface area contributed by atoms with E-state index >= 15 is 0 Å². The first-order chi connectivity index (χ1) is 7.63. The van der Waals surface area contributed by atoms with E-state index in [-0.39, 0.29) is 5.75 Å². The molecule has 1 atom stereocenters. The van der Waals surface area contributed by atoms with E-state index in [1.54, 1.807) is 13.1 Å². The van der Waals surface area contributed by atoms with Gasteiger partial charge in [0.15, 0.2) is 11.6 Å². The van der Waals surface area contributed by atoms with Crippen molar-refractivity contribution < 1.29 is 14.2 Å². The minimum Gasteiger partial charge on any atom is -0.493 e. The molecule has 0 heterocycles. The molecule has 0 saturated heterocycles. The van der Waals surface area contributed by atoms with Crippen molar-refractivity contribution in [2.45, 2.75) is 19.4 Å². The predicted octanol–water partition coefficient (Wildman–Crippen LogP) is 1.65. The van der Waals surface area contributed by atoms with Gasteiger partial charge in [0.05, 0.1) is 13.2 Å². The SMILES string of the molecule is CCc1cc(F)c(OC)c(C(O)CNC)c1. The van der Waals surface area contributed by atoms with Gasteiger partial charge >= 0.3 is 0 Å². The first-order valence-electron chi connectivity index (χ1n) is 5.33. The normalized spacial score (nSPS) is 12.6. The Balaban J connectivity index is 3.16. The molecule has 0 spiro atoms. The third-order valence-corrected chi connectivity index (χ3v) is 2.50. The number of aliphatic hydroxyl groups excluding tert-OH is 1. The summed E-state index contributed by atoms with van der Waals surface area (Å²) in [6, 6.07) is 3.22. The molecule has 16 heavy (non-hydrogen) atoms. The highest BCUT2D eigenvalue weighted by Crippen LogP contribution is 2.29. The Labute approximate surface area is 95.2 Å². The number of rotatable bonds is 5. The zero-order chi connectivity index (χ0) is 12.1. The molecule has 1 rings (SSSR count). The van der Waals surface area contributed by atoms with Gasteiger partial charge in [-0.1, -0.05) is 6.92 Å². The number of aliphatic hydroxyl groups is 1. The molecule has 0 bridgehead atoms. The van der Waals surface area contributed by atoms with Crippen LogP contribution in [-0.4, -0.2) is 25.8 Å². The Morgan fingerprint density at radius 1 is 1.50 bits per heavy atom. The fourth-order valence-electron chi connectivity index (χ4n) is 1.64. The van der Waals surface area contributed by atoms with Crippen LogP contribution in [-0.2, 0) is 6.42 Å². The highest BCUT2D eigenvalue weighted by atomic mass is 19.1. The summed E-state index contributed by atoms with van der Waals surface area (Å²) in [5.41, 5.74) is 1.34. The second kappa shape index (κ2) is 5.82. The van der Waals surface area contributed by atoms with E-state index in [1.807, 2.05) is 6.92 Å². The summed E-state index contributed by atoms with van der Waals surface area (Å²) in [5.74, 6) is -0.299. The summed E-state index contributed by atoms with van der Waals surface area (Å²) in [7, 11) is 3.13. The summed E-state index contributed by atoms with van der Waals surface area (Å²) >= 11 is 0. The molecule has 0 aromatic heterocycles. The smallest absolute Gasteiger partial charge is 0.165 e. The lowest BCUT2D eigenvalue weighted by atomic mass is 10.0. The van der Waals surface area contributed by atoms with Crippen LogP contribution in [0.2, 0.25) is 0 Å². The third-order valence-electron chi connectivity index (χ3n) is 2.50. The monoisotopic (exact) mass is 227 g/mol. The molecule has 0 aliphatic heterocycles. The van der Waals surface area contributed by atoms with Gasteiger partial charge in [0.1, 0.15) is 0 Å². The maximum absolute atomic E-state index is 13.6. The first kappa shape index (κ1) is 12.9. The molecule has 90 valence electrons. The van der Waals surface area contributed by atoms with Crippen LogP contribution < -0.4 is 10.1 Å². The molecule has 2 N–H and O–H groups in total. The fraction of sp³-hybridized carbons (Fsp3) is 0.500. The number of methoxy groups -OCH3 is 1. The Morgan fingerprint density at radius 3 is 2.69 bits per heavy atom. The fourth-order valence-corrected chi connectivity index (χ4v) is 1.64. The van der Waals surface area contributed by atoms with Gasteiger partial charge in [-0.05, 0) is 31.2 Å². The average Bonchev–Trinajstić information content (AvgIpc) is 2.28. The van der Waals surface area contributed by atoms with Gasteiger partial charge in [0.2, 0.25) is 0 Å². The minimum atomic E-state index is -0.763. The number of hydrogen-bond donors (Lipinski definition) is 2. The van der Waals surface area contributed by atoms with Crippen molar-refractivity contribution >= 4 is 0 Å². The lowest BCUT2D eigenvalue weighted by Gasteiger charge is -2.16. The van der Waals surface area contributed by atoms with Crippen molar-refractivity contribution in [3.05, 3.63) is 29.1 Å². The van der Waals surface area contributed by atoms with E-state index in [9.17, 15) is 9.50 Å². The van der Waals surface area contributed by atoms with Crippen LogP contribution in [0, 0.1) is 5.82 Å². The van der Waals surface area contributed by atoms with E-state index in [4.69, 9.17) is 4.74 Å². The quantitative estimate of drug-likeness (QED) is 0.803. The lowest BCUT2D eigenvalue weighted by Crippen LogP contribution is -2.18. The van der Waals surface area contributed by atoms with Crippen molar-refractivity contribution in [3.63, 3.8) is 0 Å². The van der Waals surface area contributed by atoms with Crippen molar-refractivity contribution in [3.8, 4) is 5.75 Å². The van der Waals surface area contributed by atoms with Crippen LogP contribution in [0.5, 0.6) is 5.75 Å². The second-order valence-electron chi connectivity index (χ2n) is 3.63. The molecule has 0 radical (unpaired) electrons. The number of aryl methyl sites for hydroxylation is 1. The molecule has 1 unspecified atom stereocenters. The van der Waals surface area contributed by atoms with Gasteiger partial charge in [-0.3, -0.25) is 0 Å². The Kier molecular flexibility index (Phi) is 4.71. The van der Waals surface area contributed by atoms with E-state index in [0.717, 1.165) is 12.0 Å².